The predicted octanol–water partition coefficient (Wildman–Crippen LogP) is 3.66. The molecule has 1 aliphatic carbocycles. The molecule has 26 heavy (non-hydrogen) atoms. The lowest BCUT2D eigenvalue weighted by molar-refractivity contribution is 0.138. The minimum atomic E-state index is 0.350. The summed E-state index contributed by atoms with van der Waals surface area (Å²) in [4.78, 5) is 4.78. The van der Waals surface area contributed by atoms with Gasteiger partial charge in [-0.3, -0.25) is 0 Å². The van der Waals surface area contributed by atoms with E-state index in [4.69, 9.17) is 14.5 Å². The molecule has 1 fully saturated rings. The van der Waals surface area contributed by atoms with Crippen molar-refractivity contribution in [2.45, 2.75) is 52.5 Å². The fourth-order valence-electron chi connectivity index (χ4n) is 3.78. The van der Waals surface area contributed by atoms with Gasteiger partial charge in [-0.05, 0) is 55.7 Å². The van der Waals surface area contributed by atoms with Crippen LogP contribution in [0.1, 0.15) is 50.2 Å². The Hall–Kier alpha value is -1.75. The monoisotopic (exact) mass is 361 g/mol. The van der Waals surface area contributed by atoms with E-state index in [0.717, 1.165) is 43.4 Å². The molecule has 0 heterocycles. The largest absolute Gasteiger partial charge is 0.496 e. The Morgan fingerprint density at radius 1 is 1.19 bits per heavy atom. The van der Waals surface area contributed by atoms with Gasteiger partial charge in [-0.2, -0.15) is 0 Å². The number of aryl methyl sites for hydroxylation is 1. The Balaban J connectivity index is 1.98. The van der Waals surface area contributed by atoms with Crippen LogP contribution in [-0.2, 0) is 11.3 Å². The van der Waals surface area contributed by atoms with Crippen molar-refractivity contribution < 1.29 is 9.47 Å². The van der Waals surface area contributed by atoms with E-state index in [0.29, 0.717) is 12.0 Å². The van der Waals surface area contributed by atoms with Crippen LogP contribution in [0.4, 0.5) is 0 Å². The number of ether oxygens (including phenoxy) is 2. The third-order valence-corrected chi connectivity index (χ3v) is 5.35. The van der Waals surface area contributed by atoms with Gasteiger partial charge >= 0.3 is 0 Å². The van der Waals surface area contributed by atoms with E-state index in [2.05, 4.69) is 36.6 Å². The van der Waals surface area contributed by atoms with E-state index in [9.17, 15) is 0 Å². The number of methoxy groups -OCH3 is 2. The van der Waals surface area contributed by atoms with Crippen LogP contribution in [0.2, 0.25) is 0 Å². The van der Waals surface area contributed by atoms with Crippen molar-refractivity contribution in [2.24, 2.45) is 10.4 Å². The summed E-state index contributed by atoms with van der Waals surface area (Å²) in [6.07, 6.45) is 6.32. The lowest BCUT2D eigenvalue weighted by Gasteiger charge is -2.30. The van der Waals surface area contributed by atoms with Crippen molar-refractivity contribution in [3.8, 4) is 5.75 Å². The highest BCUT2D eigenvalue weighted by Gasteiger charge is 2.33. The molecule has 1 aromatic carbocycles. The quantitative estimate of drug-likeness (QED) is 0.521. The number of rotatable bonds is 9. The van der Waals surface area contributed by atoms with E-state index in [1.54, 1.807) is 14.2 Å². The highest BCUT2D eigenvalue weighted by molar-refractivity contribution is 5.79. The van der Waals surface area contributed by atoms with Gasteiger partial charge in [0.1, 0.15) is 5.75 Å². The minimum absolute atomic E-state index is 0.350. The first-order valence-corrected chi connectivity index (χ1v) is 9.77. The molecule has 2 N–H and O–H groups in total. The Kier molecular flexibility index (Phi) is 8.23. The molecule has 1 saturated carbocycles. The van der Waals surface area contributed by atoms with Gasteiger partial charge in [0.15, 0.2) is 5.96 Å². The molecule has 0 amide bonds. The average molecular weight is 362 g/mol. The van der Waals surface area contributed by atoms with Crippen LogP contribution in [-0.4, -0.2) is 39.9 Å². The summed E-state index contributed by atoms with van der Waals surface area (Å²) in [5, 5.41) is 6.95. The molecular weight excluding hydrogens is 326 g/mol. The third kappa shape index (κ3) is 5.90. The Morgan fingerprint density at radius 3 is 2.58 bits per heavy atom. The summed E-state index contributed by atoms with van der Waals surface area (Å²) >= 11 is 0. The van der Waals surface area contributed by atoms with Crippen LogP contribution < -0.4 is 15.4 Å². The van der Waals surface area contributed by atoms with Crippen LogP contribution in [0.5, 0.6) is 5.75 Å². The van der Waals surface area contributed by atoms with E-state index < -0.39 is 0 Å². The number of hydrogen-bond donors (Lipinski definition) is 2. The maximum Gasteiger partial charge on any atom is 0.191 e. The van der Waals surface area contributed by atoms with Gasteiger partial charge in [-0.25, -0.2) is 4.99 Å². The predicted molar refractivity (Wildman–Crippen MR) is 108 cm³/mol. The summed E-state index contributed by atoms with van der Waals surface area (Å²) in [6, 6.07) is 6.23. The lowest BCUT2D eigenvalue weighted by Crippen LogP contribution is -2.43. The minimum Gasteiger partial charge on any atom is -0.496 e. The smallest absolute Gasteiger partial charge is 0.191 e. The molecule has 0 spiro atoms. The molecule has 0 unspecified atom stereocenters. The SMILES string of the molecule is CCNC(=NCc1ccc(OC)c(C)c1)NCC1(CCOC)CCCC1. The molecule has 1 aromatic rings. The van der Waals surface area contributed by atoms with Gasteiger partial charge in [-0.15, -0.1) is 0 Å². The maximum atomic E-state index is 5.33. The van der Waals surface area contributed by atoms with Gasteiger partial charge < -0.3 is 20.1 Å². The first-order chi connectivity index (χ1) is 12.6. The fraction of sp³-hybridized carbons (Fsp3) is 0.667. The van der Waals surface area contributed by atoms with Crippen molar-refractivity contribution in [3.05, 3.63) is 29.3 Å². The van der Waals surface area contributed by atoms with Crippen LogP contribution in [0.3, 0.4) is 0 Å². The average Bonchev–Trinajstić information content (AvgIpc) is 3.11. The third-order valence-electron chi connectivity index (χ3n) is 5.35. The van der Waals surface area contributed by atoms with E-state index in [1.807, 2.05) is 6.07 Å². The molecular formula is C21H35N3O2. The number of nitrogens with zero attached hydrogens (tertiary/aromatic N) is 1. The summed E-state index contributed by atoms with van der Waals surface area (Å²) < 4.78 is 10.7. The van der Waals surface area contributed by atoms with Crippen LogP contribution >= 0.6 is 0 Å². The van der Waals surface area contributed by atoms with Crippen molar-refractivity contribution in [2.75, 3.05) is 33.9 Å². The second-order valence-electron chi connectivity index (χ2n) is 7.30. The molecule has 5 nitrogen and oxygen atoms in total. The van der Waals surface area contributed by atoms with E-state index in [-0.39, 0.29) is 0 Å². The highest BCUT2D eigenvalue weighted by atomic mass is 16.5. The highest BCUT2D eigenvalue weighted by Crippen LogP contribution is 2.40. The van der Waals surface area contributed by atoms with Crippen molar-refractivity contribution in [1.82, 2.24) is 10.6 Å². The van der Waals surface area contributed by atoms with Crippen LogP contribution in [0, 0.1) is 12.3 Å². The molecule has 146 valence electrons. The molecule has 5 heteroatoms. The Labute approximate surface area is 158 Å². The maximum absolute atomic E-state index is 5.33. The van der Waals surface area contributed by atoms with Gasteiger partial charge in [-0.1, -0.05) is 25.0 Å². The number of benzene rings is 1. The molecule has 0 atom stereocenters. The normalized spacial score (nSPS) is 16.5. The van der Waals surface area contributed by atoms with Crippen molar-refractivity contribution >= 4 is 5.96 Å². The number of nitrogens with one attached hydrogen (secondary N) is 2. The molecule has 1 aliphatic rings. The van der Waals surface area contributed by atoms with Crippen molar-refractivity contribution in [3.63, 3.8) is 0 Å². The Bertz CT molecular complexity index is 581. The van der Waals surface area contributed by atoms with Gasteiger partial charge in [0, 0.05) is 26.8 Å². The summed E-state index contributed by atoms with van der Waals surface area (Å²) in [7, 11) is 3.49. The summed E-state index contributed by atoms with van der Waals surface area (Å²) in [6.45, 7) is 7.48. The zero-order chi connectivity index (χ0) is 18.8. The first-order valence-electron chi connectivity index (χ1n) is 9.77. The van der Waals surface area contributed by atoms with Crippen LogP contribution in [0.25, 0.3) is 0 Å². The number of aliphatic imine (C=N–C) groups is 1. The molecule has 0 bridgehead atoms. The van der Waals surface area contributed by atoms with Gasteiger partial charge in [0.25, 0.3) is 0 Å². The lowest BCUT2D eigenvalue weighted by atomic mass is 9.83. The molecule has 0 aromatic heterocycles. The summed E-state index contributed by atoms with van der Waals surface area (Å²) in [5.74, 6) is 1.81. The van der Waals surface area contributed by atoms with E-state index >= 15 is 0 Å². The molecule has 0 radical (unpaired) electrons. The zero-order valence-corrected chi connectivity index (χ0v) is 16.9. The summed E-state index contributed by atoms with van der Waals surface area (Å²) in [5.41, 5.74) is 2.68. The second kappa shape index (κ2) is 10.4. The standard InChI is InChI=1S/C21H35N3O2/c1-5-22-20(23-15-18-8-9-19(26-4)17(2)14-18)24-16-21(12-13-25-3)10-6-7-11-21/h8-9,14H,5-7,10-13,15-16H2,1-4H3,(H2,22,23,24). The fourth-order valence-corrected chi connectivity index (χ4v) is 3.78. The first kappa shape index (κ1) is 20.6. The second-order valence-corrected chi connectivity index (χ2v) is 7.30. The molecule has 0 saturated heterocycles. The van der Waals surface area contributed by atoms with E-state index in [1.165, 1.54) is 31.2 Å². The zero-order valence-electron chi connectivity index (χ0n) is 16.9. The van der Waals surface area contributed by atoms with Crippen molar-refractivity contribution in [1.29, 1.82) is 0 Å². The molecule has 0 aliphatic heterocycles. The number of guanidine groups is 1. The topological polar surface area (TPSA) is 54.9 Å². The molecule has 2 rings (SSSR count). The van der Waals surface area contributed by atoms with Gasteiger partial charge in [0.05, 0.1) is 13.7 Å². The van der Waals surface area contributed by atoms with Crippen LogP contribution in [0.15, 0.2) is 23.2 Å². The van der Waals surface area contributed by atoms with Gasteiger partial charge in [0.2, 0.25) is 0 Å². The Morgan fingerprint density at radius 2 is 1.96 bits per heavy atom. The number of hydrogen-bond acceptors (Lipinski definition) is 3.